The van der Waals surface area contributed by atoms with Gasteiger partial charge in [0.05, 0.1) is 11.9 Å². The first-order chi connectivity index (χ1) is 13.7. The number of nitriles is 1. The average molecular weight is 376 g/mol. The molecule has 0 saturated carbocycles. The first-order valence-electron chi connectivity index (χ1n) is 8.85. The van der Waals surface area contributed by atoms with Crippen molar-refractivity contribution in [3.63, 3.8) is 0 Å². The van der Waals surface area contributed by atoms with Crippen LogP contribution in [0.15, 0.2) is 51.9 Å². The van der Waals surface area contributed by atoms with Gasteiger partial charge < -0.3 is 14.1 Å². The number of carbonyl (C=O) groups excluding carboxylic acids is 1. The molecular formula is C20H16N4O4. The highest BCUT2D eigenvalue weighted by Gasteiger charge is 2.28. The molecule has 2 aromatic heterocycles. The Hall–Kier alpha value is -3.73. The molecule has 1 aliphatic heterocycles. The van der Waals surface area contributed by atoms with E-state index in [1.54, 1.807) is 29.2 Å². The van der Waals surface area contributed by atoms with Gasteiger partial charge in [-0.2, -0.15) is 5.26 Å². The van der Waals surface area contributed by atoms with Crippen LogP contribution in [-0.4, -0.2) is 40.0 Å². The van der Waals surface area contributed by atoms with Gasteiger partial charge in [-0.3, -0.25) is 9.59 Å². The number of rotatable bonds is 3. The minimum atomic E-state index is -0.365. The molecule has 0 bridgehead atoms. The average Bonchev–Trinajstić information content (AvgIpc) is 2.74. The highest BCUT2D eigenvalue weighted by atomic mass is 16.5. The SMILES string of the molecule is N#Cc1nccnc1O[C@H]1CCCN(C(=O)c2cc(=O)c3ccccc3o2)C1. The van der Waals surface area contributed by atoms with Crippen LogP contribution in [0.2, 0.25) is 0 Å². The van der Waals surface area contributed by atoms with E-state index in [9.17, 15) is 9.59 Å². The van der Waals surface area contributed by atoms with Crippen molar-refractivity contribution in [1.82, 2.24) is 14.9 Å². The second-order valence-corrected chi connectivity index (χ2v) is 6.43. The van der Waals surface area contributed by atoms with Crippen molar-refractivity contribution in [2.75, 3.05) is 13.1 Å². The number of hydrogen-bond acceptors (Lipinski definition) is 7. The van der Waals surface area contributed by atoms with Crippen molar-refractivity contribution in [3.05, 3.63) is 64.4 Å². The Morgan fingerprint density at radius 3 is 2.96 bits per heavy atom. The van der Waals surface area contributed by atoms with Crippen LogP contribution >= 0.6 is 0 Å². The van der Waals surface area contributed by atoms with Gasteiger partial charge in [-0.25, -0.2) is 9.97 Å². The molecule has 1 atom stereocenters. The zero-order chi connectivity index (χ0) is 19.5. The first kappa shape index (κ1) is 17.7. The topological polar surface area (TPSA) is 109 Å². The van der Waals surface area contributed by atoms with E-state index < -0.39 is 0 Å². The molecule has 0 radical (unpaired) electrons. The molecule has 1 fully saturated rings. The van der Waals surface area contributed by atoms with Crippen LogP contribution in [0.25, 0.3) is 11.0 Å². The molecule has 140 valence electrons. The highest BCUT2D eigenvalue weighted by Crippen LogP contribution is 2.20. The van der Waals surface area contributed by atoms with Gasteiger partial charge >= 0.3 is 0 Å². The number of likely N-dealkylation sites (tertiary alicyclic amines) is 1. The van der Waals surface area contributed by atoms with Gasteiger partial charge in [0.15, 0.2) is 11.2 Å². The van der Waals surface area contributed by atoms with E-state index in [2.05, 4.69) is 9.97 Å². The van der Waals surface area contributed by atoms with Gasteiger partial charge in [0.25, 0.3) is 11.8 Å². The molecule has 4 rings (SSSR count). The maximum Gasteiger partial charge on any atom is 0.289 e. The number of amides is 1. The predicted octanol–water partition coefficient (Wildman–Crippen LogP) is 2.14. The van der Waals surface area contributed by atoms with Gasteiger partial charge in [-0.1, -0.05) is 12.1 Å². The third-order valence-electron chi connectivity index (χ3n) is 4.56. The van der Waals surface area contributed by atoms with Gasteiger partial charge in [0.1, 0.15) is 17.8 Å². The summed E-state index contributed by atoms with van der Waals surface area (Å²) >= 11 is 0. The summed E-state index contributed by atoms with van der Waals surface area (Å²) in [4.78, 5) is 34.7. The van der Waals surface area contributed by atoms with Gasteiger partial charge in [0.2, 0.25) is 5.69 Å². The number of fused-ring (bicyclic) bond motifs is 1. The number of carbonyl (C=O) groups is 1. The Morgan fingerprint density at radius 1 is 1.29 bits per heavy atom. The fourth-order valence-corrected chi connectivity index (χ4v) is 3.23. The number of piperidine rings is 1. The standard InChI is InChI=1S/C20H16N4O4/c21-11-15-19(23-8-7-22-15)27-13-4-3-9-24(12-13)20(26)18-10-16(25)14-5-1-2-6-17(14)28-18/h1-2,5-8,10,13H,3-4,9,12H2/t13-/m0/s1. The molecule has 1 aliphatic rings. The monoisotopic (exact) mass is 376 g/mol. The quantitative estimate of drug-likeness (QED) is 0.689. The molecule has 1 amide bonds. The van der Waals surface area contributed by atoms with Crippen LogP contribution in [0, 0.1) is 11.3 Å². The molecule has 1 aromatic carbocycles. The van der Waals surface area contributed by atoms with Crippen LogP contribution in [0.3, 0.4) is 0 Å². The smallest absolute Gasteiger partial charge is 0.289 e. The minimum Gasteiger partial charge on any atom is -0.470 e. The lowest BCUT2D eigenvalue weighted by molar-refractivity contribution is 0.0499. The molecule has 8 heteroatoms. The number of benzene rings is 1. The summed E-state index contributed by atoms with van der Waals surface area (Å²) in [6.45, 7) is 0.831. The van der Waals surface area contributed by atoms with E-state index in [1.165, 1.54) is 18.5 Å². The Bertz CT molecular complexity index is 1130. The molecule has 28 heavy (non-hydrogen) atoms. The van der Waals surface area contributed by atoms with Gasteiger partial charge in [-0.15, -0.1) is 0 Å². The highest BCUT2D eigenvalue weighted by molar-refractivity contribution is 5.93. The zero-order valence-corrected chi connectivity index (χ0v) is 14.9. The lowest BCUT2D eigenvalue weighted by Crippen LogP contribution is -2.44. The Morgan fingerprint density at radius 2 is 2.11 bits per heavy atom. The van der Waals surface area contributed by atoms with Crippen molar-refractivity contribution in [2.24, 2.45) is 0 Å². The maximum absolute atomic E-state index is 12.9. The molecule has 0 N–H and O–H groups in total. The van der Waals surface area contributed by atoms with Crippen molar-refractivity contribution < 1.29 is 13.9 Å². The van der Waals surface area contributed by atoms with Crippen LogP contribution < -0.4 is 10.2 Å². The largest absolute Gasteiger partial charge is 0.470 e. The number of nitrogens with zero attached hydrogens (tertiary/aromatic N) is 4. The van der Waals surface area contributed by atoms with Crippen LogP contribution in [0.1, 0.15) is 29.1 Å². The van der Waals surface area contributed by atoms with E-state index in [0.29, 0.717) is 30.5 Å². The summed E-state index contributed by atoms with van der Waals surface area (Å²) in [7, 11) is 0. The van der Waals surface area contributed by atoms with E-state index in [4.69, 9.17) is 14.4 Å². The molecule has 3 heterocycles. The summed E-state index contributed by atoms with van der Waals surface area (Å²) in [5, 5.41) is 9.55. The van der Waals surface area contributed by atoms with E-state index >= 15 is 0 Å². The summed E-state index contributed by atoms with van der Waals surface area (Å²) < 4.78 is 11.5. The molecule has 8 nitrogen and oxygen atoms in total. The molecule has 3 aromatic rings. The number of ether oxygens (including phenoxy) is 1. The predicted molar refractivity (Wildman–Crippen MR) is 98.8 cm³/mol. The molecule has 0 spiro atoms. The Labute approximate surface area is 160 Å². The number of aromatic nitrogens is 2. The van der Waals surface area contributed by atoms with Crippen molar-refractivity contribution in [1.29, 1.82) is 5.26 Å². The van der Waals surface area contributed by atoms with Crippen LogP contribution in [0.5, 0.6) is 5.88 Å². The molecule has 1 saturated heterocycles. The lowest BCUT2D eigenvalue weighted by Gasteiger charge is -2.32. The van der Waals surface area contributed by atoms with Crippen molar-refractivity contribution >= 4 is 16.9 Å². The Balaban J connectivity index is 1.54. The lowest BCUT2D eigenvalue weighted by atomic mass is 10.1. The second-order valence-electron chi connectivity index (χ2n) is 6.43. The van der Waals surface area contributed by atoms with Crippen molar-refractivity contribution in [3.8, 4) is 11.9 Å². The van der Waals surface area contributed by atoms with Gasteiger partial charge in [-0.05, 0) is 25.0 Å². The summed E-state index contributed by atoms with van der Waals surface area (Å²) in [5.74, 6) is -0.209. The second kappa shape index (κ2) is 7.48. The van der Waals surface area contributed by atoms with Crippen LogP contribution in [-0.2, 0) is 0 Å². The van der Waals surface area contributed by atoms with E-state index in [1.807, 2.05) is 6.07 Å². The minimum absolute atomic E-state index is 0.00145. The first-order valence-corrected chi connectivity index (χ1v) is 8.85. The van der Waals surface area contributed by atoms with Crippen LogP contribution in [0.4, 0.5) is 0 Å². The fraction of sp³-hybridized carbons (Fsp3) is 0.250. The Kier molecular flexibility index (Phi) is 4.72. The number of para-hydroxylation sites is 1. The fourth-order valence-electron chi connectivity index (χ4n) is 3.23. The maximum atomic E-state index is 12.9. The molecular weight excluding hydrogens is 360 g/mol. The normalized spacial score (nSPS) is 16.5. The summed E-state index contributed by atoms with van der Waals surface area (Å²) in [6, 6.07) is 9.98. The zero-order valence-electron chi connectivity index (χ0n) is 14.9. The molecule has 0 aliphatic carbocycles. The summed E-state index contributed by atoms with van der Waals surface area (Å²) in [6.07, 6.45) is 3.98. The van der Waals surface area contributed by atoms with E-state index in [-0.39, 0.29) is 34.8 Å². The van der Waals surface area contributed by atoms with Crippen molar-refractivity contribution in [2.45, 2.75) is 18.9 Å². The third kappa shape index (κ3) is 3.42. The van der Waals surface area contributed by atoms with Gasteiger partial charge in [0, 0.05) is 25.0 Å². The summed E-state index contributed by atoms with van der Waals surface area (Å²) in [5.41, 5.74) is 0.223. The third-order valence-corrected chi connectivity index (χ3v) is 4.56. The number of hydrogen-bond donors (Lipinski definition) is 0. The molecule has 0 unspecified atom stereocenters. The van der Waals surface area contributed by atoms with E-state index in [0.717, 1.165) is 6.42 Å².